The van der Waals surface area contributed by atoms with Crippen molar-refractivity contribution in [3.8, 4) is 17.1 Å². The van der Waals surface area contributed by atoms with E-state index >= 15 is 0 Å². The summed E-state index contributed by atoms with van der Waals surface area (Å²) in [6.07, 6.45) is 0. The van der Waals surface area contributed by atoms with Gasteiger partial charge in [0.2, 0.25) is 5.88 Å². The van der Waals surface area contributed by atoms with Crippen LogP contribution in [0.5, 0.6) is 5.88 Å². The van der Waals surface area contributed by atoms with Crippen LogP contribution in [0.3, 0.4) is 0 Å². The molecule has 1 aromatic heterocycles. The van der Waals surface area contributed by atoms with Crippen molar-refractivity contribution in [2.45, 2.75) is 13.5 Å². The molecule has 0 spiro atoms. The third-order valence-electron chi connectivity index (χ3n) is 2.72. The van der Waals surface area contributed by atoms with Gasteiger partial charge in [-0.1, -0.05) is 30.3 Å². The van der Waals surface area contributed by atoms with E-state index in [0.717, 1.165) is 35.9 Å². The van der Waals surface area contributed by atoms with Gasteiger partial charge in [0.05, 0.1) is 12.2 Å². The van der Waals surface area contributed by atoms with Gasteiger partial charge in [-0.2, -0.15) is 5.10 Å². The number of nitrogens with zero attached hydrogens (tertiary/aromatic N) is 2. The fourth-order valence-corrected chi connectivity index (χ4v) is 1.97. The summed E-state index contributed by atoms with van der Waals surface area (Å²) in [5.41, 5.74) is 3.32. The Morgan fingerprint density at radius 1 is 1.27 bits per heavy atom. The minimum Gasteiger partial charge on any atom is -0.476 e. The molecule has 1 aromatic carbocycles. The van der Waals surface area contributed by atoms with Gasteiger partial charge in [-0.3, -0.25) is 0 Å². The Hall–Kier alpha value is -1.77. The first-order chi connectivity index (χ1) is 7.36. The lowest BCUT2D eigenvalue weighted by atomic mass is 10.1. The Bertz CT molecular complexity index is 488. The van der Waals surface area contributed by atoms with Crippen LogP contribution >= 0.6 is 0 Å². The fraction of sp³-hybridized carbons (Fsp3) is 0.250. The van der Waals surface area contributed by atoms with E-state index in [1.165, 1.54) is 0 Å². The SMILES string of the molecule is Cc1c(-c2ccccc2)nn2c1OCC2. The first-order valence-corrected chi connectivity index (χ1v) is 5.12. The zero-order valence-electron chi connectivity index (χ0n) is 8.60. The summed E-state index contributed by atoms with van der Waals surface area (Å²) in [5.74, 6) is 0.925. The Balaban J connectivity index is 2.14. The van der Waals surface area contributed by atoms with Crippen molar-refractivity contribution in [3.05, 3.63) is 35.9 Å². The Kier molecular flexibility index (Phi) is 1.78. The second kappa shape index (κ2) is 3.12. The van der Waals surface area contributed by atoms with Crippen LogP contribution in [0.4, 0.5) is 0 Å². The third-order valence-corrected chi connectivity index (χ3v) is 2.72. The highest BCUT2D eigenvalue weighted by atomic mass is 16.5. The molecule has 3 rings (SSSR count). The van der Waals surface area contributed by atoms with Crippen LogP contribution in [0.1, 0.15) is 5.56 Å². The molecule has 76 valence electrons. The number of ether oxygens (including phenoxy) is 1. The van der Waals surface area contributed by atoms with Crippen molar-refractivity contribution < 1.29 is 4.74 Å². The van der Waals surface area contributed by atoms with Crippen LogP contribution in [0, 0.1) is 6.92 Å². The van der Waals surface area contributed by atoms with E-state index in [4.69, 9.17) is 4.74 Å². The summed E-state index contributed by atoms with van der Waals surface area (Å²) in [5, 5.41) is 4.55. The summed E-state index contributed by atoms with van der Waals surface area (Å²) >= 11 is 0. The van der Waals surface area contributed by atoms with Crippen molar-refractivity contribution >= 4 is 0 Å². The molecule has 1 aliphatic rings. The molecule has 0 N–H and O–H groups in total. The van der Waals surface area contributed by atoms with Crippen LogP contribution in [0.2, 0.25) is 0 Å². The highest BCUT2D eigenvalue weighted by Crippen LogP contribution is 2.31. The van der Waals surface area contributed by atoms with E-state index in [1.54, 1.807) is 0 Å². The van der Waals surface area contributed by atoms with Crippen molar-refractivity contribution in [1.29, 1.82) is 0 Å². The van der Waals surface area contributed by atoms with Crippen LogP contribution in [-0.2, 0) is 6.54 Å². The maximum Gasteiger partial charge on any atom is 0.215 e. The minimum absolute atomic E-state index is 0.748. The van der Waals surface area contributed by atoms with Gasteiger partial charge in [0, 0.05) is 11.1 Å². The molecular weight excluding hydrogens is 188 g/mol. The smallest absolute Gasteiger partial charge is 0.215 e. The molecule has 0 fully saturated rings. The molecule has 0 atom stereocenters. The molecule has 3 nitrogen and oxygen atoms in total. The standard InChI is InChI=1S/C12H12N2O/c1-9-11(10-5-3-2-4-6-10)13-14-7-8-15-12(9)14/h2-6H,7-8H2,1H3. The summed E-state index contributed by atoms with van der Waals surface area (Å²) in [6.45, 7) is 3.67. The van der Waals surface area contributed by atoms with E-state index in [2.05, 4.69) is 24.2 Å². The highest BCUT2D eigenvalue weighted by molar-refractivity contribution is 5.65. The molecule has 2 aromatic rings. The zero-order chi connectivity index (χ0) is 10.3. The molecular formula is C12H12N2O. The van der Waals surface area contributed by atoms with Gasteiger partial charge in [0.1, 0.15) is 6.61 Å². The van der Waals surface area contributed by atoms with Gasteiger partial charge in [-0.05, 0) is 6.92 Å². The topological polar surface area (TPSA) is 27.1 Å². The Morgan fingerprint density at radius 3 is 2.80 bits per heavy atom. The number of hydrogen-bond acceptors (Lipinski definition) is 2. The molecule has 3 heteroatoms. The quantitative estimate of drug-likeness (QED) is 0.706. The summed E-state index contributed by atoms with van der Waals surface area (Å²) < 4.78 is 7.47. The lowest BCUT2D eigenvalue weighted by molar-refractivity contribution is 0.355. The predicted octanol–water partition coefficient (Wildman–Crippen LogP) is 2.25. The van der Waals surface area contributed by atoms with E-state index in [9.17, 15) is 0 Å². The zero-order valence-corrected chi connectivity index (χ0v) is 8.60. The van der Waals surface area contributed by atoms with E-state index in [1.807, 2.05) is 22.9 Å². The highest BCUT2D eigenvalue weighted by Gasteiger charge is 2.20. The molecule has 0 unspecified atom stereocenters. The maximum absolute atomic E-state index is 5.53. The van der Waals surface area contributed by atoms with Crippen LogP contribution in [0.25, 0.3) is 11.3 Å². The van der Waals surface area contributed by atoms with E-state index in [0.29, 0.717) is 0 Å². The predicted molar refractivity (Wildman–Crippen MR) is 57.9 cm³/mol. The molecule has 2 heterocycles. The lowest BCUT2D eigenvalue weighted by Gasteiger charge is -1.99. The summed E-state index contributed by atoms with van der Waals surface area (Å²) in [7, 11) is 0. The molecule has 0 amide bonds. The maximum atomic E-state index is 5.53. The van der Waals surface area contributed by atoms with Gasteiger partial charge in [-0.15, -0.1) is 0 Å². The van der Waals surface area contributed by atoms with Crippen LogP contribution in [-0.4, -0.2) is 16.4 Å². The fourth-order valence-electron chi connectivity index (χ4n) is 1.97. The number of aromatic nitrogens is 2. The number of rotatable bonds is 1. The lowest BCUT2D eigenvalue weighted by Crippen LogP contribution is -1.96. The first kappa shape index (κ1) is 8.53. The van der Waals surface area contributed by atoms with Gasteiger partial charge in [-0.25, -0.2) is 4.68 Å². The monoisotopic (exact) mass is 200 g/mol. The Morgan fingerprint density at radius 2 is 2.07 bits per heavy atom. The normalized spacial score (nSPS) is 13.7. The van der Waals surface area contributed by atoms with Gasteiger partial charge in [0.15, 0.2) is 0 Å². The van der Waals surface area contributed by atoms with Crippen molar-refractivity contribution in [2.24, 2.45) is 0 Å². The molecule has 0 aliphatic carbocycles. The van der Waals surface area contributed by atoms with Crippen molar-refractivity contribution in [2.75, 3.05) is 6.61 Å². The summed E-state index contributed by atoms with van der Waals surface area (Å²) in [4.78, 5) is 0. The third kappa shape index (κ3) is 1.23. The average molecular weight is 200 g/mol. The first-order valence-electron chi connectivity index (χ1n) is 5.12. The molecule has 0 saturated carbocycles. The second-order valence-corrected chi connectivity index (χ2v) is 3.72. The average Bonchev–Trinajstić information content (AvgIpc) is 2.83. The van der Waals surface area contributed by atoms with Crippen LogP contribution in [0.15, 0.2) is 30.3 Å². The second-order valence-electron chi connectivity index (χ2n) is 3.72. The minimum atomic E-state index is 0.748. The van der Waals surface area contributed by atoms with Gasteiger partial charge < -0.3 is 4.74 Å². The molecule has 0 saturated heterocycles. The molecule has 0 radical (unpaired) electrons. The van der Waals surface area contributed by atoms with E-state index in [-0.39, 0.29) is 0 Å². The van der Waals surface area contributed by atoms with Gasteiger partial charge in [0.25, 0.3) is 0 Å². The number of fused-ring (bicyclic) bond motifs is 1. The summed E-state index contributed by atoms with van der Waals surface area (Å²) in [6, 6.07) is 10.2. The number of hydrogen-bond donors (Lipinski definition) is 0. The largest absolute Gasteiger partial charge is 0.476 e. The molecule has 0 bridgehead atoms. The van der Waals surface area contributed by atoms with Crippen LogP contribution < -0.4 is 4.74 Å². The van der Waals surface area contributed by atoms with Crippen molar-refractivity contribution in [1.82, 2.24) is 9.78 Å². The molecule has 15 heavy (non-hydrogen) atoms. The van der Waals surface area contributed by atoms with Crippen molar-refractivity contribution in [3.63, 3.8) is 0 Å². The number of benzene rings is 1. The van der Waals surface area contributed by atoms with Gasteiger partial charge >= 0.3 is 0 Å². The molecule has 1 aliphatic heterocycles. The van der Waals surface area contributed by atoms with E-state index < -0.39 is 0 Å². The Labute approximate surface area is 88.3 Å².